The van der Waals surface area contributed by atoms with Gasteiger partial charge >= 0.3 is 39.5 Å². The number of rotatable bonds is 77. The number of hydrogen-bond acceptors (Lipinski definition) is 15. The van der Waals surface area contributed by atoms with Crippen LogP contribution in [0.25, 0.3) is 0 Å². The van der Waals surface area contributed by atoms with Crippen LogP contribution in [0.2, 0.25) is 0 Å². The van der Waals surface area contributed by atoms with Crippen molar-refractivity contribution in [1.29, 1.82) is 0 Å². The summed E-state index contributed by atoms with van der Waals surface area (Å²) in [5, 5.41) is 10.7. The molecule has 0 radical (unpaired) electrons. The minimum Gasteiger partial charge on any atom is -0.462 e. The highest BCUT2D eigenvalue weighted by Gasteiger charge is 2.30. The zero-order chi connectivity index (χ0) is 78.9. The minimum atomic E-state index is -5.00. The summed E-state index contributed by atoms with van der Waals surface area (Å²) in [4.78, 5) is 73.2. The average Bonchev–Trinajstić information content (AvgIpc) is 0.901. The zero-order valence-corrected chi connectivity index (χ0v) is 69.3. The van der Waals surface area contributed by atoms with Crippen LogP contribution in [0, 0.1) is 0 Å². The molecule has 0 rings (SSSR count). The Morgan fingerprint density at radius 2 is 0.481 bits per heavy atom. The molecule has 0 spiro atoms. The lowest BCUT2D eigenvalue weighted by molar-refractivity contribution is -0.161. The van der Waals surface area contributed by atoms with Gasteiger partial charge in [-0.1, -0.05) is 288 Å². The van der Waals surface area contributed by atoms with E-state index >= 15 is 0 Å². The Labute approximate surface area is 655 Å². The Morgan fingerprint density at radius 3 is 0.759 bits per heavy atom. The first kappa shape index (κ1) is 103. The van der Waals surface area contributed by atoms with E-state index in [2.05, 4.69) is 186 Å². The van der Waals surface area contributed by atoms with Gasteiger partial charge in [0, 0.05) is 25.7 Å². The summed E-state index contributed by atoms with van der Waals surface area (Å²) < 4.78 is 68.7. The van der Waals surface area contributed by atoms with Crippen molar-refractivity contribution in [2.24, 2.45) is 0 Å². The van der Waals surface area contributed by atoms with E-state index in [0.29, 0.717) is 25.7 Å². The molecule has 5 unspecified atom stereocenters. The first-order valence-electron chi connectivity index (χ1n) is 41.7. The molecule has 0 aromatic rings. The van der Waals surface area contributed by atoms with Gasteiger partial charge in [-0.25, -0.2) is 9.13 Å². The SMILES string of the molecule is CC/C=C\C/C=C\C/C=C\C/C=C\C/C=C\CCCCCC(=O)OCC(COP(=O)(O)OCC(O)COP(=O)(O)OCC(COC(=O)CCCCCC/C=C\C/C=C\C/C=C\C/C=C\CC)OC(=O)CCCCCCCCC/C=C\C/C=C\C/C=C\CC)OC(=O)CCCCCCC/C=C\CCCCCCCC. The topological polar surface area (TPSA) is 237 Å². The Bertz CT molecular complexity index is 2660. The molecule has 108 heavy (non-hydrogen) atoms. The third-order valence-electron chi connectivity index (χ3n) is 17.0. The molecule has 0 saturated carbocycles. The number of carbonyl (C=O) groups is 4. The molecule has 0 aromatic heterocycles. The normalized spacial score (nSPS) is 14.6. The van der Waals surface area contributed by atoms with Crippen molar-refractivity contribution in [1.82, 2.24) is 0 Å². The van der Waals surface area contributed by atoms with E-state index in [0.717, 1.165) is 205 Å². The van der Waals surface area contributed by atoms with E-state index in [1.54, 1.807) is 0 Å². The third-order valence-corrected chi connectivity index (χ3v) is 18.9. The molecule has 0 aliphatic rings. The summed E-state index contributed by atoms with van der Waals surface area (Å²) in [6.45, 7) is 4.47. The van der Waals surface area contributed by atoms with Gasteiger partial charge in [0.2, 0.25) is 0 Å². The molecule has 616 valence electrons. The number of phosphoric acid groups is 2. The standard InChI is InChI=1S/C89H148O17P2/c1-5-9-13-17-21-25-29-33-37-40-41-44-47-50-54-58-62-66-70-74-87(92)100-79-84(105-88(93)75-71-67-63-59-55-51-45-36-32-28-24-20-16-12-8-4)81-103-107(95,96)101-77-83(90)78-102-108(97,98)104-82-85(106-89(94)76-72-68-64-60-56-52-48-43-39-35-31-27-23-19-15-11-7-3)80-99-86(91)73-69-65-61-57-53-49-46-42-38-34-30-26-22-18-14-10-6-2/h9-11,13-15,21-23,25-27,33-39,41,44-46,49-50,54,83-85,90H,5-8,12,16-20,24,28-32,40,42-43,47-48,51-53,55-82H2,1-4H3,(H,95,96)(H,97,98)/b13-9-,14-10-,15-11-,25-21-,26-22-,27-23-,37-33-,38-34-,39-35-,44-41-,45-36-,49-46-,54-50-. The predicted octanol–water partition coefficient (Wildman–Crippen LogP) is 24.8. The van der Waals surface area contributed by atoms with Crippen LogP contribution in [0.3, 0.4) is 0 Å². The summed E-state index contributed by atoms with van der Waals surface area (Å²) in [5.41, 5.74) is 0. The summed E-state index contributed by atoms with van der Waals surface area (Å²) in [5.74, 6) is -2.26. The van der Waals surface area contributed by atoms with Gasteiger partial charge in [-0.2, -0.15) is 0 Å². The lowest BCUT2D eigenvalue weighted by atomic mass is 10.1. The number of aliphatic hydroxyl groups excluding tert-OH is 1. The van der Waals surface area contributed by atoms with Gasteiger partial charge < -0.3 is 33.8 Å². The molecule has 19 heteroatoms. The fourth-order valence-electron chi connectivity index (χ4n) is 10.7. The van der Waals surface area contributed by atoms with Gasteiger partial charge in [0.25, 0.3) is 0 Å². The molecule has 0 aliphatic carbocycles. The number of carbonyl (C=O) groups excluding carboxylic acids is 4. The van der Waals surface area contributed by atoms with Crippen LogP contribution in [0.5, 0.6) is 0 Å². The lowest BCUT2D eigenvalue weighted by Gasteiger charge is -2.21. The fraction of sp³-hybridized carbons (Fsp3) is 0.663. The summed E-state index contributed by atoms with van der Waals surface area (Å²) >= 11 is 0. The number of hydrogen-bond donors (Lipinski definition) is 3. The van der Waals surface area contributed by atoms with Gasteiger partial charge in [0.15, 0.2) is 12.2 Å². The van der Waals surface area contributed by atoms with Crippen LogP contribution in [0.15, 0.2) is 158 Å². The largest absolute Gasteiger partial charge is 0.472 e. The molecular formula is C89H148O17P2. The van der Waals surface area contributed by atoms with Crippen molar-refractivity contribution >= 4 is 39.5 Å². The molecule has 0 bridgehead atoms. The molecule has 5 atom stereocenters. The third kappa shape index (κ3) is 78.8. The van der Waals surface area contributed by atoms with Crippen molar-refractivity contribution in [3.8, 4) is 0 Å². The van der Waals surface area contributed by atoms with Crippen LogP contribution in [-0.4, -0.2) is 96.7 Å². The summed E-state index contributed by atoms with van der Waals surface area (Å²) in [6.07, 6.45) is 93.5. The predicted molar refractivity (Wildman–Crippen MR) is 445 cm³/mol. The number of esters is 4. The number of unbranched alkanes of at least 4 members (excludes halogenated alkanes) is 25. The fourth-order valence-corrected chi connectivity index (χ4v) is 12.3. The van der Waals surface area contributed by atoms with Crippen molar-refractivity contribution in [2.45, 2.75) is 341 Å². The van der Waals surface area contributed by atoms with Gasteiger partial charge in [-0.05, 0) is 167 Å². The summed E-state index contributed by atoms with van der Waals surface area (Å²) in [7, 11) is -10.00. The maximum Gasteiger partial charge on any atom is 0.472 e. The van der Waals surface area contributed by atoms with Crippen molar-refractivity contribution in [3.05, 3.63) is 158 Å². The van der Waals surface area contributed by atoms with Crippen LogP contribution in [0.4, 0.5) is 0 Å². The average molecular weight is 1550 g/mol. The maximum absolute atomic E-state index is 13.1. The first-order valence-corrected chi connectivity index (χ1v) is 44.7. The molecule has 0 heterocycles. The minimum absolute atomic E-state index is 0.0725. The molecule has 17 nitrogen and oxygen atoms in total. The maximum atomic E-state index is 13.1. The second-order valence-electron chi connectivity index (χ2n) is 27.3. The quantitative estimate of drug-likeness (QED) is 0.0169. The Morgan fingerprint density at radius 1 is 0.269 bits per heavy atom. The monoisotopic (exact) mass is 1550 g/mol. The van der Waals surface area contributed by atoms with Gasteiger partial charge in [-0.15, -0.1) is 0 Å². The molecule has 0 amide bonds. The Hall–Kier alpha value is -5.32. The van der Waals surface area contributed by atoms with Crippen LogP contribution in [-0.2, 0) is 65.4 Å². The van der Waals surface area contributed by atoms with Crippen LogP contribution < -0.4 is 0 Å². The van der Waals surface area contributed by atoms with Gasteiger partial charge in [0.1, 0.15) is 19.3 Å². The number of aliphatic hydroxyl groups is 1. The summed E-state index contributed by atoms with van der Waals surface area (Å²) in [6, 6.07) is 0. The second-order valence-corrected chi connectivity index (χ2v) is 30.2. The Kier molecular flexibility index (Phi) is 75.8. The molecular weight excluding hydrogens is 1400 g/mol. The smallest absolute Gasteiger partial charge is 0.462 e. The Balaban J connectivity index is 5.45. The van der Waals surface area contributed by atoms with E-state index < -0.39 is 97.5 Å². The molecule has 0 aliphatic heterocycles. The van der Waals surface area contributed by atoms with E-state index in [1.807, 2.05) is 0 Å². The van der Waals surface area contributed by atoms with Crippen LogP contribution >= 0.6 is 15.6 Å². The van der Waals surface area contributed by atoms with Gasteiger partial charge in [-0.3, -0.25) is 37.3 Å². The lowest BCUT2D eigenvalue weighted by Crippen LogP contribution is -2.30. The van der Waals surface area contributed by atoms with E-state index in [4.69, 9.17) is 37.0 Å². The second kappa shape index (κ2) is 79.8. The van der Waals surface area contributed by atoms with E-state index in [1.165, 1.54) is 38.5 Å². The highest BCUT2D eigenvalue weighted by Crippen LogP contribution is 2.45. The number of allylic oxidation sites excluding steroid dienone is 26. The van der Waals surface area contributed by atoms with E-state index in [9.17, 15) is 43.2 Å². The molecule has 0 fully saturated rings. The first-order chi connectivity index (χ1) is 52.7. The number of phosphoric ester groups is 2. The molecule has 0 saturated heterocycles. The highest BCUT2D eigenvalue weighted by atomic mass is 31.2. The number of ether oxygens (including phenoxy) is 4. The van der Waals surface area contributed by atoms with Crippen molar-refractivity contribution in [2.75, 3.05) is 39.6 Å². The molecule has 3 N–H and O–H groups in total. The van der Waals surface area contributed by atoms with Crippen LogP contribution in [0.1, 0.15) is 323 Å². The highest BCUT2D eigenvalue weighted by molar-refractivity contribution is 7.47. The zero-order valence-electron chi connectivity index (χ0n) is 67.5. The van der Waals surface area contributed by atoms with Gasteiger partial charge in [0.05, 0.1) is 26.4 Å². The van der Waals surface area contributed by atoms with Crippen molar-refractivity contribution < 1.29 is 80.2 Å². The van der Waals surface area contributed by atoms with E-state index in [-0.39, 0.29) is 25.7 Å². The van der Waals surface area contributed by atoms with Crippen molar-refractivity contribution in [3.63, 3.8) is 0 Å². The molecule has 0 aromatic carbocycles.